The maximum absolute atomic E-state index is 13.1. The molecule has 4 amide bonds. The fourth-order valence-corrected chi connectivity index (χ4v) is 5.56. The number of nitrogens with zero attached hydrogens (tertiary/aromatic N) is 2. The van der Waals surface area contributed by atoms with Crippen molar-refractivity contribution in [3.05, 3.63) is 57.8 Å². The third-order valence-corrected chi connectivity index (χ3v) is 8.57. The summed E-state index contributed by atoms with van der Waals surface area (Å²) in [5, 5.41) is 25.9. The van der Waals surface area contributed by atoms with Crippen molar-refractivity contribution in [3.8, 4) is 0 Å². The molecule has 3 heterocycles. The standard InChI is InChI=1S/C30H38N10O4S/c31-25(32)7-9-35-27(41)21-11-19(15-39(21)13-17-1-2-17)37-29(43)23-5-6-24(45-23)30(44)38-20-12-22(28(42)36-10-8-26(33)34)40(16-20)14-18-3-4-18/h5-6,11-12,15-18H,1-4,7-10,13-14H2,(H3,31,32)(H3,33,34)(H,35,41)(H,36,42)(H,37,43)(H,38,44). The van der Waals surface area contributed by atoms with Crippen molar-refractivity contribution in [2.24, 2.45) is 23.3 Å². The summed E-state index contributed by atoms with van der Waals surface area (Å²) >= 11 is 1.03. The first-order valence-corrected chi connectivity index (χ1v) is 15.7. The monoisotopic (exact) mass is 634 g/mol. The predicted molar refractivity (Wildman–Crippen MR) is 172 cm³/mol. The second-order valence-corrected chi connectivity index (χ2v) is 12.6. The molecule has 0 unspecified atom stereocenters. The molecule has 2 fully saturated rings. The molecule has 0 radical (unpaired) electrons. The molecule has 5 rings (SSSR count). The molecule has 0 spiro atoms. The highest BCUT2D eigenvalue weighted by molar-refractivity contribution is 7.16. The van der Waals surface area contributed by atoms with Crippen LogP contribution in [0, 0.1) is 22.7 Å². The Labute approximate surface area is 263 Å². The zero-order valence-electron chi connectivity index (χ0n) is 24.8. The average Bonchev–Trinajstić information content (AvgIpc) is 3.83. The van der Waals surface area contributed by atoms with Crippen LogP contribution in [0.3, 0.4) is 0 Å². The number of thiophene rings is 1. The fourth-order valence-electron chi connectivity index (χ4n) is 4.77. The van der Waals surface area contributed by atoms with E-state index in [-0.39, 0.29) is 49.4 Å². The molecular weight excluding hydrogens is 596 g/mol. The van der Waals surface area contributed by atoms with E-state index in [1.807, 2.05) is 9.13 Å². The van der Waals surface area contributed by atoms with E-state index >= 15 is 0 Å². The molecular formula is C30H38N10O4S. The van der Waals surface area contributed by atoms with Gasteiger partial charge in [0.2, 0.25) is 0 Å². The molecule has 10 N–H and O–H groups in total. The Morgan fingerprint density at radius 3 is 1.47 bits per heavy atom. The largest absolute Gasteiger partial charge is 0.388 e. The first-order valence-electron chi connectivity index (χ1n) is 14.9. The van der Waals surface area contributed by atoms with Crippen LogP contribution in [-0.2, 0) is 13.1 Å². The number of anilines is 2. The Bertz CT molecular complexity index is 1510. The van der Waals surface area contributed by atoms with E-state index in [9.17, 15) is 19.2 Å². The topological polar surface area (TPSA) is 226 Å². The molecule has 2 saturated carbocycles. The van der Waals surface area contributed by atoms with Gasteiger partial charge in [-0.15, -0.1) is 11.3 Å². The second-order valence-electron chi connectivity index (χ2n) is 11.6. The lowest BCUT2D eigenvalue weighted by molar-refractivity contribution is 0.0937. The van der Waals surface area contributed by atoms with Crippen molar-refractivity contribution in [2.45, 2.75) is 51.6 Å². The van der Waals surface area contributed by atoms with Crippen molar-refractivity contribution in [3.63, 3.8) is 0 Å². The Kier molecular flexibility index (Phi) is 9.66. The number of hydrogen-bond acceptors (Lipinski definition) is 7. The van der Waals surface area contributed by atoms with Crippen molar-refractivity contribution in [1.29, 1.82) is 10.8 Å². The summed E-state index contributed by atoms with van der Waals surface area (Å²) in [5.41, 5.74) is 12.5. The molecule has 0 bridgehead atoms. The van der Waals surface area contributed by atoms with Crippen LogP contribution < -0.4 is 32.7 Å². The minimum Gasteiger partial charge on any atom is -0.388 e. The number of amides is 4. The molecule has 0 saturated heterocycles. The van der Waals surface area contributed by atoms with Gasteiger partial charge in [0, 0.05) is 51.4 Å². The van der Waals surface area contributed by atoms with Gasteiger partial charge < -0.3 is 41.9 Å². The smallest absolute Gasteiger partial charge is 0.267 e. The first-order chi connectivity index (χ1) is 21.5. The van der Waals surface area contributed by atoms with Crippen LogP contribution in [0.2, 0.25) is 0 Å². The average molecular weight is 635 g/mol. The number of nitrogens with one attached hydrogen (secondary N) is 6. The molecule has 3 aromatic heterocycles. The Morgan fingerprint density at radius 1 is 0.711 bits per heavy atom. The molecule has 0 aliphatic heterocycles. The van der Waals surface area contributed by atoms with Crippen LogP contribution in [-0.4, -0.2) is 57.5 Å². The summed E-state index contributed by atoms with van der Waals surface area (Å²) in [6.45, 7) is 1.81. The summed E-state index contributed by atoms with van der Waals surface area (Å²) in [4.78, 5) is 52.4. The zero-order valence-corrected chi connectivity index (χ0v) is 25.6. The van der Waals surface area contributed by atoms with Gasteiger partial charge in [-0.25, -0.2) is 0 Å². The molecule has 0 aromatic carbocycles. The van der Waals surface area contributed by atoms with Gasteiger partial charge in [0.05, 0.1) is 32.8 Å². The van der Waals surface area contributed by atoms with Crippen LogP contribution in [0.15, 0.2) is 36.7 Å². The summed E-state index contributed by atoms with van der Waals surface area (Å²) in [6, 6.07) is 6.37. The summed E-state index contributed by atoms with van der Waals surface area (Å²) in [6.07, 6.45) is 8.32. The molecule has 2 aliphatic rings. The van der Waals surface area contributed by atoms with Gasteiger partial charge in [-0.2, -0.15) is 0 Å². The number of aromatic nitrogens is 2. The van der Waals surface area contributed by atoms with Crippen molar-refractivity contribution in [2.75, 3.05) is 23.7 Å². The number of carbonyl (C=O) groups excluding carboxylic acids is 4. The summed E-state index contributed by atoms with van der Waals surface area (Å²) in [7, 11) is 0. The SMILES string of the molecule is N=C(N)CCNC(=O)c1cc(NC(=O)c2ccc(C(=O)Nc3cc(C(=O)NCCC(=N)N)n(CC4CC4)c3)s2)cn1CC1CC1. The van der Waals surface area contributed by atoms with Crippen LogP contribution >= 0.6 is 11.3 Å². The molecule has 3 aromatic rings. The number of carbonyl (C=O) groups is 4. The molecule has 238 valence electrons. The van der Waals surface area contributed by atoms with Crippen LogP contribution in [0.4, 0.5) is 11.4 Å². The van der Waals surface area contributed by atoms with E-state index in [2.05, 4.69) is 21.3 Å². The number of rotatable bonds is 16. The molecule has 0 atom stereocenters. The van der Waals surface area contributed by atoms with E-state index in [0.29, 0.717) is 57.4 Å². The maximum Gasteiger partial charge on any atom is 0.267 e. The Hall–Kier alpha value is -4.92. The Morgan fingerprint density at radius 2 is 1.11 bits per heavy atom. The zero-order chi connectivity index (χ0) is 32.1. The normalized spacial score (nSPS) is 14.0. The number of amidine groups is 2. The van der Waals surface area contributed by atoms with Crippen molar-refractivity contribution >= 4 is 58.0 Å². The Balaban J connectivity index is 1.22. The molecule has 14 nitrogen and oxygen atoms in total. The lowest BCUT2D eigenvalue weighted by Crippen LogP contribution is -2.29. The predicted octanol–water partition coefficient (Wildman–Crippen LogP) is 2.79. The van der Waals surface area contributed by atoms with E-state index < -0.39 is 11.8 Å². The van der Waals surface area contributed by atoms with Gasteiger partial charge in [-0.1, -0.05) is 0 Å². The van der Waals surface area contributed by atoms with Gasteiger partial charge in [0.25, 0.3) is 23.6 Å². The van der Waals surface area contributed by atoms with E-state index in [1.165, 1.54) is 0 Å². The van der Waals surface area contributed by atoms with Gasteiger partial charge in [0.1, 0.15) is 11.4 Å². The molecule has 2 aliphatic carbocycles. The minimum absolute atomic E-state index is 0.0118. The minimum atomic E-state index is -0.411. The van der Waals surface area contributed by atoms with Crippen molar-refractivity contribution < 1.29 is 19.2 Å². The van der Waals surface area contributed by atoms with Crippen molar-refractivity contribution in [1.82, 2.24) is 19.8 Å². The lowest BCUT2D eigenvalue weighted by atomic mass is 10.3. The third kappa shape index (κ3) is 8.81. The molecule has 15 heteroatoms. The highest BCUT2D eigenvalue weighted by atomic mass is 32.1. The van der Waals surface area contributed by atoms with Crippen LogP contribution in [0.5, 0.6) is 0 Å². The number of nitrogens with two attached hydrogens (primary N) is 2. The maximum atomic E-state index is 13.1. The second kappa shape index (κ2) is 13.8. The molecule has 45 heavy (non-hydrogen) atoms. The van der Waals surface area contributed by atoms with E-state index in [4.69, 9.17) is 22.3 Å². The van der Waals surface area contributed by atoms with Gasteiger partial charge in [-0.3, -0.25) is 30.0 Å². The highest BCUT2D eigenvalue weighted by Crippen LogP contribution is 2.33. The number of hydrogen-bond donors (Lipinski definition) is 8. The van der Waals surface area contributed by atoms with E-state index in [0.717, 1.165) is 37.0 Å². The highest BCUT2D eigenvalue weighted by Gasteiger charge is 2.26. The van der Waals surface area contributed by atoms with Gasteiger partial charge >= 0.3 is 0 Å². The quantitative estimate of drug-likeness (QED) is 0.0872. The fraction of sp³-hybridized carbons (Fsp3) is 0.400. The first kappa shape index (κ1) is 31.5. The van der Waals surface area contributed by atoms with Gasteiger partial charge in [-0.05, 0) is 61.8 Å². The summed E-state index contributed by atoms with van der Waals surface area (Å²) < 4.78 is 3.66. The van der Waals surface area contributed by atoms with Crippen LogP contribution in [0.1, 0.15) is 78.8 Å². The summed E-state index contributed by atoms with van der Waals surface area (Å²) in [5.74, 6) is -0.482. The third-order valence-electron chi connectivity index (χ3n) is 7.49. The van der Waals surface area contributed by atoms with Crippen LogP contribution in [0.25, 0.3) is 0 Å². The lowest BCUT2D eigenvalue weighted by Gasteiger charge is -2.08. The van der Waals surface area contributed by atoms with Gasteiger partial charge in [0.15, 0.2) is 0 Å². The van der Waals surface area contributed by atoms with E-state index in [1.54, 1.807) is 36.7 Å².